The molecule has 0 saturated carbocycles. The molecule has 2 aromatic rings. The molecule has 2 aromatic carbocycles. The van der Waals surface area contributed by atoms with Crippen LogP contribution in [-0.2, 0) is 25.6 Å². The summed E-state index contributed by atoms with van der Waals surface area (Å²) in [7, 11) is 1.67. The van der Waals surface area contributed by atoms with E-state index in [0.29, 0.717) is 6.54 Å². The van der Waals surface area contributed by atoms with Gasteiger partial charge in [-0.25, -0.2) is 4.79 Å². The van der Waals surface area contributed by atoms with E-state index in [9.17, 15) is 19.2 Å². The van der Waals surface area contributed by atoms with Crippen LogP contribution in [0.1, 0.15) is 25.3 Å². The van der Waals surface area contributed by atoms with Crippen molar-refractivity contribution in [1.82, 2.24) is 5.32 Å². The number of ketones is 1. The van der Waals surface area contributed by atoms with Crippen LogP contribution in [-0.4, -0.2) is 47.5 Å². The van der Waals surface area contributed by atoms with Crippen LogP contribution in [0.3, 0.4) is 0 Å². The lowest BCUT2D eigenvalue weighted by molar-refractivity contribution is -0.149. The van der Waals surface area contributed by atoms with Gasteiger partial charge in [0, 0.05) is 19.9 Å². The van der Waals surface area contributed by atoms with Gasteiger partial charge in [-0.2, -0.15) is 0 Å². The lowest BCUT2D eigenvalue weighted by Gasteiger charge is -2.08. The van der Waals surface area contributed by atoms with E-state index >= 15 is 0 Å². The number of benzene rings is 2. The Morgan fingerprint density at radius 2 is 1.75 bits per heavy atom. The van der Waals surface area contributed by atoms with Crippen molar-refractivity contribution in [1.29, 1.82) is 0 Å². The molecule has 8 heteroatoms. The van der Waals surface area contributed by atoms with Crippen molar-refractivity contribution in [2.24, 2.45) is 0 Å². The number of hydrogen-bond acceptors (Lipinski definition) is 5. The highest BCUT2D eigenvalue weighted by atomic mass is 16.5. The standard InChI is InChI=1S/C15H17NO2.C5H6O5/c1-11(17)16-9-8-13-5-3-4-12-6-7-14(18-2)10-15(12)13;6-3(5(9)10)1-2-4(7)8/h3-7,10H,8-9H2,1-2H3,(H,16,17);1-2H2,(H,7,8)(H,9,10). The second-order valence-electron chi connectivity index (χ2n) is 5.86. The Bertz CT molecular complexity index is 861. The molecular formula is C20H23NO7. The van der Waals surface area contributed by atoms with Gasteiger partial charge in [0.15, 0.2) is 0 Å². The zero-order valence-electron chi connectivity index (χ0n) is 15.7. The molecule has 150 valence electrons. The number of ether oxygens (including phenoxy) is 1. The molecule has 1 amide bonds. The second-order valence-corrected chi connectivity index (χ2v) is 5.86. The first kappa shape index (κ1) is 22.6. The van der Waals surface area contributed by atoms with Gasteiger partial charge in [0.2, 0.25) is 11.7 Å². The predicted molar refractivity (Wildman–Crippen MR) is 102 cm³/mol. The highest BCUT2D eigenvalue weighted by Crippen LogP contribution is 2.24. The van der Waals surface area contributed by atoms with E-state index in [0.717, 1.165) is 12.2 Å². The van der Waals surface area contributed by atoms with E-state index in [1.165, 1.54) is 23.3 Å². The molecule has 0 heterocycles. The smallest absolute Gasteiger partial charge is 0.372 e. The van der Waals surface area contributed by atoms with Gasteiger partial charge in [0.05, 0.1) is 13.5 Å². The zero-order chi connectivity index (χ0) is 21.1. The number of methoxy groups -OCH3 is 1. The van der Waals surface area contributed by atoms with Gasteiger partial charge >= 0.3 is 11.9 Å². The molecule has 0 spiro atoms. The first-order valence-electron chi connectivity index (χ1n) is 8.52. The number of carboxylic acids is 2. The van der Waals surface area contributed by atoms with E-state index in [-0.39, 0.29) is 5.91 Å². The van der Waals surface area contributed by atoms with Crippen molar-refractivity contribution in [3.05, 3.63) is 42.0 Å². The van der Waals surface area contributed by atoms with Crippen LogP contribution in [0.2, 0.25) is 0 Å². The summed E-state index contributed by atoms with van der Waals surface area (Å²) < 4.78 is 5.25. The quantitative estimate of drug-likeness (QED) is 0.589. The fourth-order valence-corrected chi connectivity index (χ4v) is 2.36. The van der Waals surface area contributed by atoms with Crippen molar-refractivity contribution in [2.75, 3.05) is 13.7 Å². The summed E-state index contributed by atoms with van der Waals surface area (Å²) in [6, 6.07) is 12.3. The number of aliphatic carboxylic acids is 2. The predicted octanol–water partition coefficient (Wildman–Crippen LogP) is 2.03. The molecule has 0 saturated heterocycles. The number of carbonyl (C=O) groups excluding carboxylic acids is 2. The molecule has 0 aliphatic heterocycles. The number of Topliss-reactive ketones (excluding diaryl/α,β-unsaturated/α-hetero) is 1. The summed E-state index contributed by atoms with van der Waals surface area (Å²) in [5.41, 5.74) is 1.22. The Balaban J connectivity index is 0.000000336. The molecule has 0 atom stereocenters. The average Bonchev–Trinajstić information content (AvgIpc) is 2.66. The van der Waals surface area contributed by atoms with Crippen LogP contribution in [0.4, 0.5) is 0 Å². The molecule has 2 rings (SSSR count). The molecule has 0 radical (unpaired) electrons. The van der Waals surface area contributed by atoms with E-state index in [1.807, 2.05) is 18.2 Å². The van der Waals surface area contributed by atoms with Crippen molar-refractivity contribution in [3.63, 3.8) is 0 Å². The Kier molecular flexibility index (Phi) is 9.15. The SMILES string of the molecule is COc1ccc2cccc(CCNC(C)=O)c2c1.O=C(O)CCC(=O)C(=O)O. The van der Waals surface area contributed by atoms with Crippen LogP contribution >= 0.6 is 0 Å². The van der Waals surface area contributed by atoms with Crippen molar-refractivity contribution in [3.8, 4) is 5.75 Å². The van der Waals surface area contributed by atoms with Crippen molar-refractivity contribution in [2.45, 2.75) is 26.2 Å². The minimum Gasteiger partial charge on any atom is -0.497 e. The molecule has 8 nitrogen and oxygen atoms in total. The first-order chi connectivity index (χ1) is 13.2. The summed E-state index contributed by atoms with van der Waals surface area (Å²) in [5, 5.41) is 21.1. The second kappa shape index (κ2) is 11.3. The third-order valence-electron chi connectivity index (χ3n) is 3.75. The number of carboxylic acid groups (broad SMARTS) is 2. The van der Waals surface area contributed by atoms with Crippen LogP contribution in [0.15, 0.2) is 36.4 Å². The number of hydrogen-bond donors (Lipinski definition) is 3. The lowest BCUT2D eigenvalue weighted by Crippen LogP contribution is -2.22. The van der Waals surface area contributed by atoms with Crippen LogP contribution in [0, 0.1) is 0 Å². The zero-order valence-corrected chi connectivity index (χ0v) is 15.7. The molecule has 28 heavy (non-hydrogen) atoms. The molecule has 0 aliphatic carbocycles. The minimum atomic E-state index is -1.58. The topological polar surface area (TPSA) is 130 Å². The van der Waals surface area contributed by atoms with E-state index in [2.05, 4.69) is 23.5 Å². The van der Waals surface area contributed by atoms with E-state index in [1.54, 1.807) is 7.11 Å². The van der Waals surface area contributed by atoms with Gasteiger partial charge in [-0.3, -0.25) is 14.4 Å². The average molecular weight is 389 g/mol. The summed E-state index contributed by atoms with van der Waals surface area (Å²) in [6.45, 7) is 2.19. The number of nitrogens with one attached hydrogen (secondary N) is 1. The van der Waals surface area contributed by atoms with Gasteiger partial charge in [0.25, 0.3) is 0 Å². The highest BCUT2D eigenvalue weighted by molar-refractivity contribution is 6.32. The highest BCUT2D eigenvalue weighted by Gasteiger charge is 2.12. The van der Waals surface area contributed by atoms with Gasteiger partial charge in [0.1, 0.15) is 5.75 Å². The minimum absolute atomic E-state index is 0.00724. The van der Waals surface area contributed by atoms with E-state index < -0.39 is 30.6 Å². The van der Waals surface area contributed by atoms with Crippen molar-refractivity contribution < 1.29 is 34.1 Å². The Morgan fingerprint density at radius 1 is 1.04 bits per heavy atom. The number of carbonyl (C=O) groups is 4. The third kappa shape index (κ3) is 7.86. The summed E-state index contributed by atoms with van der Waals surface area (Å²) >= 11 is 0. The molecule has 0 aliphatic rings. The van der Waals surface area contributed by atoms with Crippen molar-refractivity contribution >= 4 is 34.4 Å². The van der Waals surface area contributed by atoms with Crippen LogP contribution in [0.25, 0.3) is 10.8 Å². The largest absolute Gasteiger partial charge is 0.497 e. The van der Waals surface area contributed by atoms with Crippen LogP contribution < -0.4 is 10.1 Å². The molecule has 0 aromatic heterocycles. The molecule has 0 bridgehead atoms. The van der Waals surface area contributed by atoms with Gasteiger partial charge in [-0.15, -0.1) is 0 Å². The molecule has 0 unspecified atom stereocenters. The van der Waals surface area contributed by atoms with Gasteiger partial charge in [-0.1, -0.05) is 24.3 Å². The van der Waals surface area contributed by atoms with Crippen LogP contribution in [0.5, 0.6) is 5.75 Å². The first-order valence-corrected chi connectivity index (χ1v) is 8.52. The summed E-state index contributed by atoms with van der Waals surface area (Å²) in [6.07, 6.45) is -0.0418. The summed E-state index contributed by atoms with van der Waals surface area (Å²) in [4.78, 5) is 40.6. The molecule has 0 fully saturated rings. The van der Waals surface area contributed by atoms with Gasteiger partial charge in [-0.05, 0) is 34.9 Å². The Morgan fingerprint density at radius 3 is 2.32 bits per heavy atom. The number of amides is 1. The fourth-order valence-electron chi connectivity index (χ4n) is 2.36. The lowest BCUT2D eigenvalue weighted by atomic mass is 10.0. The molecular weight excluding hydrogens is 366 g/mol. The fraction of sp³-hybridized carbons (Fsp3) is 0.300. The Labute approximate surface area is 162 Å². The van der Waals surface area contributed by atoms with Gasteiger partial charge < -0.3 is 20.3 Å². The monoisotopic (exact) mass is 389 g/mol. The number of fused-ring (bicyclic) bond motifs is 1. The number of rotatable bonds is 8. The van der Waals surface area contributed by atoms with E-state index in [4.69, 9.17) is 14.9 Å². The maximum atomic E-state index is 10.9. The summed E-state index contributed by atoms with van der Waals surface area (Å²) in [5.74, 6) is -2.96. The third-order valence-corrected chi connectivity index (χ3v) is 3.75. The Hall–Kier alpha value is -3.42. The normalized spacial score (nSPS) is 9.79. The molecule has 3 N–H and O–H groups in total. The maximum Gasteiger partial charge on any atom is 0.372 e. The maximum absolute atomic E-state index is 10.9.